The molecule has 0 amide bonds. The van der Waals surface area contributed by atoms with Crippen molar-refractivity contribution in [3.8, 4) is 0 Å². The predicted octanol–water partition coefficient (Wildman–Crippen LogP) is 5.13. The Labute approximate surface area is 103 Å². The van der Waals surface area contributed by atoms with E-state index in [4.69, 9.17) is 23.2 Å². The molecule has 0 unspecified atom stereocenters. The topological polar surface area (TPSA) is 0 Å². The standard InChI is InChI=1S/C11H11BrCl2/c1-2-8(7-13)5-9-3-4-11(14)10(12)6-9/h3-6H,2,7H2,1H3/b8-5-. The molecule has 1 aromatic rings. The summed E-state index contributed by atoms with van der Waals surface area (Å²) < 4.78 is 0.915. The lowest BCUT2D eigenvalue weighted by molar-refractivity contribution is 1.12. The Balaban J connectivity index is 2.97. The van der Waals surface area contributed by atoms with Gasteiger partial charge in [0.15, 0.2) is 0 Å². The second kappa shape index (κ2) is 5.79. The molecule has 3 heteroatoms. The Morgan fingerprint density at radius 1 is 1.50 bits per heavy atom. The fourth-order valence-corrected chi connectivity index (χ4v) is 1.85. The summed E-state index contributed by atoms with van der Waals surface area (Å²) in [6.07, 6.45) is 3.07. The smallest absolute Gasteiger partial charge is 0.0548 e. The summed E-state index contributed by atoms with van der Waals surface area (Å²) >= 11 is 15.1. The van der Waals surface area contributed by atoms with Crippen molar-refractivity contribution in [1.29, 1.82) is 0 Å². The molecule has 0 saturated carbocycles. The molecule has 0 radical (unpaired) electrons. The summed E-state index contributed by atoms with van der Waals surface area (Å²) in [7, 11) is 0. The van der Waals surface area contributed by atoms with E-state index in [1.807, 2.05) is 18.2 Å². The molecule has 0 N–H and O–H groups in total. The number of rotatable bonds is 3. The van der Waals surface area contributed by atoms with Gasteiger partial charge in [0.1, 0.15) is 0 Å². The van der Waals surface area contributed by atoms with Crippen LogP contribution >= 0.6 is 39.1 Å². The molecular weight excluding hydrogens is 283 g/mol. The van der Waals surface area contributed by atoms with Crippen LogP contribution in [0.4, 0.5) is 0 Å². The third-order valence-corrected chi connectivity index (χ3v) is 3.50. The Morgan fingerprint density at radius 2 is 2.21 bits per heavy atom. The molecule has 1 aromatic carbocycles. The molecule has 0 aliphatic heterocycles. The SMILES string of the molecule is CC/C(=C/c1ccc(Cl)c(Br)c1)CCl. The fraction of sp³-hybridized carbons (Fsp3) is 0.273. The van der Waals surface area contributed by atoms with Crippen LogP contribution in [0.1, 0.15) is 18.9 Å². The molecule has 1 rings (SSSR count). The number of halogens is 3. The highest BCUT2D eigenvalue weighted by atomic mass is 79.9. The quantitative estimate of drug-likeness (QED) is 0.677. The molecule has 0 bridgehead atoms. The molecule has 0 fully saturated rings. The first kappa shape index (κ1) is 12.1. The first-order valence-corrected chi connectivity index (χ1v) is 6.08. The summed E-state index contributed by atoms with van der Waals surface area (Å²) in [5, 5.41) is 0.728. The lowest BCUT2D eigenvalue weighted by atomic mass is 10.1. The summed E-state index contributed by atoms with van der Waals surface area (Å²) in [6, 6.07) is 5.85. The van der Waals surface area contributed by atoms with Gasteiger partial charge < -0.3 is 0 Å². The zero-order valence-electron chi connectivity index (χ0n) is 7.86. The van der Waals surface area contributed by atoms with Crippen LogP contribution in [-0.2, 0) is 0 Å². The number of hydrogen-bond donors (Lipinski definition) is 0. The highest BCUT2D eigenvalue weighted by molar-refractivity contribution is 9.10. The van der Waals surface area contributed by atoms with Gasteiger partial charge in [-0.25, -0.2) is 0 Å². The Hall–Kier alpha value is 0.0200. The Morgan fingerprint density at radius 3 is 2.71 bits per heavy atom. The molecule has 76 valence electrons. The average Bonchev–Trinajstić information content (AvgIpc) is 2.19. The van der Waals surface area contributed by atoms with Gasteiger partial charge in [0.25, 0.3) is 0 Å². The van der Waals surface area contributed by atoms with Crippen molar-refractivity contribution < 1.29 is 0 Å². The molecule has 0 atom stereocenters. The normalized spacial score (nSPS) is 11.9. The summed E-state index contributed by atoms with van der Waals surface area (Å²) in [5.74, 6) is 0.580. The van der Waals surface area contributed by atoms with Crippen LogP contribution < -0.4 is 0 Å². The van der Waals surface area contributed by atoms with E-state index in [0.29, 0.717) is 5.88 Å². The van der Waals surface area contributed by atoms with Crippen molar-refractivity contribution in [3.05, 3.63) is 38.8 Å². The Kier molecular flexibility index (Phi) is 5.00. The van der Waals surface area contributed by atoms with Gasteiger partial charge in [-0.3, -0.25) is 0 Å². The Bertz CT molecular complexity index is 339. The van der Waals surface area contributed by atoms with Gasteiger partial charge in [-0.15, -0.1) is 11.6 Å². The maximum absolute atomic E-state index is 5.89. The number of hydrogen-bond acceptors (Lipinski definition) is 0. The summed E-state index contributed by atoms with van der Waals surface area (Å²) in [4.78, 5) is 0. The van der Waals surface area contributed by atoms with Crippen molar-refractivity contribution in [1.82, 2.24) is 0 Å². The van der Waals surface area contributed by atoms with Crippen LogP contribution in [0.25, 0.3) is 6.08 Å². The maximum atomic E-state index is 5.89. The summed E-state index contributed by atoms with van der Waals surface area (Å²) in [6.45, 7) is 2.10. The van der Waals surface area contributed by atoms with Crippen LogP contribution in [0.2, 0.25) is 5.02 Å². The molecule has 0 heterocycles. The largest absolute Gasteiger partial charge is 0.122 e. The van der Waals surface area contributed by atoms with Crippen LogP contribution in [0.3, 0.4) is 0 Å². The van der Waals surface area contributed by atoms with Crippen molar-refractivity contribution in [2.45, 2.75) is 13.3 Å². The average molecular weight is 294 g/mol. The third kappa shape index (κ3) is 3.30. The minimum absolute atomic E-state index is 0.580. The van der Waals surface area contributed by atoms with Gasteiger partial charge in [0.2, 0.25) is 0 Å². The van der Waals surface area contributed by atoms with E-state index in [1.54, 1.807) is 0 Å². The van der Waals surface area contributed by atoms with Crippen molar-refractivity contribution in [2.75, 3.05) is 5.88 Å². The van der Waals surface area contributed by atoms with Crippen molar-refractivity contribution >= 4 is 45.2 Å². The molecule has 14 heavy (non-hydrogen) atoms. The third-order valence-electron chi connectivity index (χ3n) is 1.94. The van der Waals surface area contributed by atoms with E-state index in [1.165, 1.54) is 5.57 Å². The van der Waals surface area contributed by atoms with Gasteiger partial charge in [0, 0.05) is 10.4 Å². The van der Waals surface area contributed by atoms with Crippen LogP contribution in [0, 0.1) is 0 Å². The lowest BCUT2D eigenvalue weighted by Crippen LogP contribution is -1.82. The van der Waals surface area contributed by atoms with E-state index >= 15 is 0 Å². The number of benzene rings is 1. The van der Waals surface area contributed by atoms with Gasteiger partial charge in [0.05, 0.1) is 5.02 Å². The molecule has 0 nitrogen and oxygen atoms in total. The molecule has 0 aliphatic rings. The van der Waals surface area contributed by atoms with E-state index < -0.39 is 0 Å². The molecule has 0 saturated heterocycles. The van der Waals surface area contributed by atoms with Gasteiger partial charge in [-0.2, -0.15) is 0 Å². The highest BCUT2D eigenvalue weighted by Gasteiger charge is 1.98. The number of allylic oxidation sites excluding steroid dienone is 1. The second-order valence-electron chi connectivity index (χ2n) is 2.96. The van der Waals surface area contributed by atoms with Crippen LogP contribution in [0.5, 0.6) is 0 Å². The fourth-order valence-electron chi connectivity index (χ4n) is 1.07. The molecule has 0 aromatic heterocycles. The minimum Gasteiger partial charge on any atom is -0.122 e. The van der Waals surface area contributed by atoms with Crippen LogP contribution in [-0.4, -0.2) is 5.88 Å². The van der Waals surface area contributed by atoms with E-state index in [9.17, 15) is 0 Å². The zero-order valence-corrected chi connectivity index (χ0v) is 11.0. The minimum atomic E-state index is 0.580. The first-order valence-electron chi connectivity index (χ1n) is 4.37. The van der Waals surface area contributed by atoms with Gasteiger partial charge in [-0.05, 0) is 40.0 Å². The zero-order chi connectivity index (χ0) is 10.6. The summed E-state index contributed by atoms with van der Waals surface area (Å²) in [5.41, 5.74) is 2.35. The molecular formula is C11H11BrCl2. The van der Waals surface area contributed by atoms with Crippen molar-refractivity contribution in [3.63, 3.8) is 0 Å². The van der Waals surface area contributed by atoms with E-state index in [0.717, 1.165) is 21.5 Å². The van der Waals surface area contributed by atoms with Gasteiger partial charge >= 0.3 is 0 Å². The predicted molar refractivity (Wildman–Crippen MR) is 68.1 cm³/mol. The lowest BCUT2D eigenvalue weighted by Gasteiger charge is -2.01. The molecule has 0 aliphatic carbocycles. The van der Waals surface area contributed by atoms with Crippen LogP contribution in [0.15, 0.2) is 28.2 Å². The number of alkyl halides is 1. The molecule has 0 spiro atoms. The second-order valence-corrected chi connectivity index (χ2v) is 4.49. The van der Waals surface area contributed by atoms with Gasteiger partial charge in [-0.1, -0.05) is 36.2 Å². The van der Waals surface area contributed by atoms with Crippen molar-refractivity contribution in [2.24, 2.45) is 0 Å². The monoisotopic (exact) mass is 292 g/mol. The maximum Gasteiger partial charge on any atom is 0.0548 e. The first-order chi connectivity index (χ1) is 6.67. The highest BCUT2D eigenvalue weighted by Crippen LogP contribution is 2.24. The van der Waals surface area contributed by atoms with E-state index in [-0.39, 0.29) is 0 Å². The van der Waals surface area contributed by atoms with E-state index in [2.05, 4.69) is 28.9 Å².